The summed E-state index contributed by atoms with van der Waals surface area (Å²) in [5.74, 6) is 1.77. The van der Waals surface area contributed by atoms with Gasteiger partial charge in [0.05, 0.1) is 10.4 Å². The van der Waals surface area contributed by atoms with Gasteiger partial charge in [0.1, 0.15) is 17.6 Å². The summed E-state index contributed by atoms with van der Waals surface area (Å²) >= 11 is 3.05. The molecule has 1 atom stereocenters. The lowest BCUT2D eigenvalue weighted by molar-refractivity contribution is -0.113. The number of carbonyl (C=O) groups is 2. The van der Waals surface area contributed by atoms with Crippen molar-refractivity contribution >= 4 is 46.2 Å². The number of aromatic amines is 1. The Bertz CT molecular complexity index is 1760. The summed E-state index contributed by atoms with van der Waals surface area (Å²) in [6, 6.07) is 18.5. The maximum atomic E-state index is 12.6. The maximum Gasteiger partial charge on any atom is 0.261 e. The third-order valence-electron chi connectivity index (χ3n) is 9.40. The average molecular weight is 718 g/mol. The fourth-order valence-electron chi connectivity index (χ4n) is 6.74. The van der Waals surface area contributed by atoms with Crippen LogP contribution in [0.25, 0.3) is 10.9 Å². The number of aromatic nitrogens is 1. The zero-order valence-corrected chi connectivity index (χ0v) is 30.9. The monoisotopic (exact) mass is 717 g/mol. The minimum atomic E-state index is -0.659. The van der Waals surface area contributed by atoms with Crippen LogP contribution in [0, 0.1) is 5.92 Å². The number of pyridine rings is 1. The molecular weight excluding hydrogens is 667 g/mol. The van der Waals surface area contributed by atoms with Gasteiger partial charge in [-0.2, -0.15) is 0 Å². The Kier molecular flexibility index (Phi) is 14.1. The number of thioether (sulfide) groups is 1. The molecule has 11 heteroatoms. The van der Waals surface area contributed by atoms with Crippen LogP contribution >= 0.6 is 23.1 Å². The number of phenolic OH excluding ortho intramolecular Hbond substituents is 1. The summed E-state index contributed by atoms with van der Waals surface area (Å²) < 4.78 is 0. The lowest BCUT2D eigenvalue weighted by atomic mass is 9.93. The Hall–Kier alpha value is -3.48. The first-order valence-corrected chi connectivity index (χ1v) is 19.7. The first-order valence-electron chi connectivity index (χ1n) is 17.9. The van der Waals surface area contributed by atoms with Crippen molar-refractivity contribution in [2.75, 3.05) is 38.6 Å². The van der Waals surface area contributed by atoms with Crippen LogP contribution in [-0.4, -0.2) is 65.8 Å². The number of rotatable bonds is 13. The van der Waals surface area contributed by atoms with Crippen LogP contribution in [0.2, 0.25) is 0 Å². The van der Waals surface area contributed by atoms with E-state index in [4.69, 9.17) is 0 Å². The smallest absolute Gasteiger partial charge is 0.261 e. The third-order valence-corrected chi connectivity index (χ3v) is 11.5. The molecule has 1 amide bonds. The molecule has 0 radical (unpaired) electrons. The van der Waals surface area contributed by atoms with Gasteiger partial charge in [0.2, 0.25) is 5.56 Å². The van der Waals surface area contributed by atoms with Crippen LogP contribution in [-0.2, 0) is 23.3 Å². The average Bonchev–Trinajstić information content (AvgIpc) is 3.96. The Balaban J connectivity index is 0.000000417. The van der Waals surface area contributed by atoms with Crippen LogP contribution in [0.4, 0.5) is 0 Å². The van der Waals surface area contributed by atoms with Crippen molar-refractivity contribution in [2.24, 2.45) is 5.92 Å². The van der Waals surface area contributed by atoms with E-state index < -0.39 is 5.54 Å². The summed E-state index contributed by atoms with van der Waals surface area (Å²) in [4.78, 5) is 44.1. The van der Waals surface area contributed by atoms with Crippen LogP contribution < -0.4 is 21.5 Å². The number of fused-ring (bicyclic) bond motifs is 4. The van der Waals surface area contributed by atoms with Gasteiger partial charge in [-0.25, -0.2) is 0 Å². The summed E-state index contributed by atoms with van der Waals surface area (Å²) in [5, 5.41) is 20.6. The van der Waals surface area contributed by atoms with E-state index in [2.05, 4.69) is 45.7 Å². The molecule has 7 rings (SSSR count). The van der Waals surface area contributed by atoms with Crippen molar-refractivity contribution in [3.63, 3.8) is 0 Å². The van der Waals surface area contributed by atoms with Gasteiger partial charge in [0, 0.05) is 46.7 Å². The van der Waals surface area contributed by atoms with Gasteiger partial charge in [0.15, 0.2) is 0 Å². The van der Waals surface area contributed by atoms with Crippen molar-refractivity contribution in [3.8, 4) is 5.75 Å². The van der Waals surface area contributed by atoms with E-state index in [0.717, 1.165) is 65.2 Å². The molecule has 1 unspecified atom stereocenters. The first kappa shape index (κ1) is 37.8. The number of piperidine rings is 1. The molecule has 1 aliphatic carbocycles. The Morgan fingerprint density at radius 1 is 1.06 bits per heavy atom. The predicted molar refractivity (Wildman–Crippen MR) is 205 cm³/mol. The number of aryl methyl sites for hydroxylation is 1. The van der Waals surface area contributed by atoms with E-state index >= 15 is 0 Å². The number of thiophene rings is 1. The molecule has 4 aromatic rings. The number of nitrogens with one attached hydrogen (secondary N) is 4. The number of carbonyl (C=O) groups excluding carboxylic acids is 2. The van der Waals surface area contributed by atoms with Crippen LogP contribution in [0.1, 0.15) is 78.0 Å². The van der Waals surface area contributed by atoms with E-state index in [1.54, 1.807) is 23.9 Å². The van der Waals surface area contributed by atoms with Gasteiger partial charge in [-0.3, -0.25) is 14.9 Å². The van der Waals surface area contributed by atoms with Gasteiger partial charge in [0.25, 0.3) is 5.91 Å². The molecule has 3 aliphatic rings. The quantitative estimate of drug-likeness (QED) is 0.0466. The highest BCUT2D eigenvalue weighted by Crippen LogP contribution is 2.36. The topological polar surface area (TPSA) is 127 Å². The fourth-order valence-corrected chi connectivity index (χ4v) is 8.50. The molecule has 50 heavy (non-hydrogen) atoms. The van der Waals surface area contributed by atoms with E-state index in [1.165, 1.54) is 61.9 Å². The Labute approximate surface area is 303 Å². The zero-order valence-electron chi connectivity index (χ0n) is 29.3. The number of amides is 1. The molecule has 4 heterocycles. The van der Waals surface area contributed by atoms with Crippen molar-refractivity contribution in [3.05, 3.63) is 91.9 Å². The molecule has 2 aliphatic heterocycles. The molecule has 2 saturated heterocycles. The minimum Gasteiger partial charge on any atom is -0.506 e. The van der Waals surface area contributed by atoms with Crippen LogP contribution in [0.5, 0.6) is 5.75 Å². The molecule has 5 N–H and O–H groups in total. The van der Waals surface area contributed by atoms with E-state index in [1.807, 2.05) is 36.4 Å². The lowest BCUT2D eigenvalue weighted by Gasteiger charge is -2.25. The standard InChI is InChI=1S/C30H32N4O4S2.C6H11N.C3H8/c35-18-30(14-13-20-5-1-2-6-23(20)30)33-17-21-7-10-26(40-21)29(38)32-16-4-3-15-31-19-39-25-11-9-24(36)28-22(25)8-12-27(37)34-28;1-3-7-4-2-6(1)5-7;1-3-2/h1-2,5-12,18,31,33,36H,3-4,13-17,19H2,(H,32,38)(H,34,37);6H,1-5H2;3H2,1-2H3. The number of H-pyrrole nitrogens is 1. The second kappa shape index (κ2) is 18.7. The number of hydrogen-bond donors (Lipinski definition) is 5. The summed E-state index contributed by atoms with van der Waals surface area (Å²) in [5.41, 5.74) is 1.82. The number of benzene rings is 2. The highest BCUT2D eigenvalue weighted by molar-refractivity contribution is 7.99. The first-order chi connectivity index (χ1) is 24.4. The summed E-state index contributed by atoms with van der Waals surface area (Å²) in [7, 11) is 0. The van der Waals surface area contributed by atoms with Crippen LogP contribution in [0.3, 0.4) is 0 Å². The molecule has 2 fully saturated rings. The van der Waals surface area contributed by atoms with Crippen molar-refractivity contribution in [2.45, 2.75) is 75.8 Å². The number of unbranched alkanes of at least 4 members (excludes halogenated alkanes) is 1. The normalized spacial score (nSPS) is 20.0. The van der Waals surface area contributed by atoms with E-state index in [0.29, 0.717) is 29.4 Å². The molecular formula is C39H51N5O4S2. The molecule has 0 spiro atoms. The number of hydrogen-bond acceptors (Lipinski definition) is 9. The minimum absolute atomic E-state index is 0.0593. The number of phenols is 1. The largest absolute Gasteiger partial charge is 0.506 e. The third kappa shape index (κ3) is 9.85. The van der Waals surface area contributed by atoms with Gasteiger partial charge in [-0.15, -0.1) is 23.1 Å². The van der Waals surface area contributed by atoms with Crippen molar-refractivity contribution in [1.82, 2.24) is 25.8 Å². The Morgan fingerprint density at radius 3 is 2.56 bits per heavy atom. The summed E-state index contributed by atoms with van der Waals surface area (Å²) in [6.07, 6.45) is 8.64. The molecule has 2 bridgehead atoms. The van der Waals surface area contributed by atoms with E-state index in [-0.39, 0.29) is 17.2 Å². The number of nitrogens with zero attached hydrogens (tertiary/aromatic N) is 1. The van der Waals surface area contributed by atoms with E-state index in [9.17, 15) is 19.5 Å². The lowest BCUT2D eigenvalue weighted by Crippen LogP contribution is -2.41. The highest BCUT2D eigenvalue weighted by atomic mass is 32.2. The zero-order chi connectivity index (χ0) is 35.3. The second-order valence-electron chi connectivity index (χ2n) is 13.3. The van der Waals surface area contributed by atoms with Gasteiger partial charge < -0.3 is 30.4 Å². The molecule has 268 valence electrons. The van der Waals surface area contributed by atoms with Gasteiger partial charge in [-0.05, 0) is 106 Å². The maximum absolute atomic E-state index is 12.6. The van der Waals surface area contributed by atoms with Crippen molar-refractivity contribution in [1.29, 1.82) is 0 Å². The highest BCUT2D eigenvalue weighted by Gasteiger charge is 2.38. The SMILES string of the molecule is C1CN2CCC1C2.CCC.O=CC1(NCc2ccc(C(=O)NCCCCNCSc3ccc(O)c4[nH]c(=O)ccc34)s2)CCc2ccccc21. The Morgan fingerprint density at radius 2 is 1.84 bits per heavy atom. The summed E-state index contributed by atoms with van der Waals surface area (Å²) in [6.45, 7) is 10.4. The van der Waals surface area contributed by atoms with Gasteiger partial charge >= 0.3 is 0 Å². The van der Waals surface area contributed by atoms with Gasteiger partial charge in [-0.1, -0.05) is 44.5 Å². The fraction of sp³-hybridized carbons (Fsp3) is 0.462. The molecule has 0 saturated carbocycles. The number of aromatic hydroxyl groups is 1. The second-order valence-corrected chi connectivity index (χ2v) is 15.4. The molecule has 2 aromatic heterocycles. The predicted octanol–water partition coefficient (Wildman–Crippen LogP) is 6.40. The number of aldehydes is 1. The molecule has 9 nitrogen and oxygen atoms in total. The van der Waals surface area contributed by atoms with Crippen molar-refractivity contribution < 1.29 is 14.7 Å². The van der Waals surface area contributed by atoms with Crippen LogP contribution in [0.15, 0.2) is 70.4 Å². The molecule has 2 aromatic carbocycles.